The number of hydrogen-bond donors (Lipinski definition) is 2. The zero-order valence-corrected chi connectivity index (χ0v) is 19.7. The van der Waals surface area contributed by atoms with Crippen molar-refractivity contribution in [1.82, 2.24) is 39.6 Å². The van der Waals surface area contributed by atoms with Gasteiger partial charge in [-0.3, -0.25) is 10.1 Å². The highest BCUT2D eigenvalue weighted by molar-refractivity contribution is 5.80. The third-order valence-electron chi connectivity index (χ3n) is 6.41. The highest BCUT2D eigenvalue weighted by Gasteiger charge is 2.26. The lowest BCUT2D eigenvalue weighted by Crippen LogP contribution is -2.44. The molecule has 0 saturated carbocycles. The minimum absolute atomic E-state index is 0.0859. The number of aryl methyl sites for hydroxylation is 1. The molecule has 0 spiro atoms. The SMILES string of the molecule is Cc1nn(-c2cncc(O)c2)c(C)c1-c1cc(N2CCOC[C@H]2C)nc2c(-c3ccn[nH]3)cnn12. The summed E-state index contributed by atoms with van der Waals surface area (Å²) in [4.78, 5) is 11.4. The molecule has 1 saturated heterocycles. The van der Waals surface area contributed by atoms with Crippen LogP contribution in [0.5, 0.6) is 5.75 Å². The topological polar surface area (TPSA) is 122 Å². The second-order valence-corrected chi connectivity index (χ2v) is 8.74. The molecule has 11 nitrogen and oxygen atoms in total. The number of rotatable bonds is 4. The van der Waals surface area contributed by atoms with Crippen molar-refractivity contribution in [3.8, 4) is 34.0 Å². The first-order valence-corrected chi connectivity index (χ1v) is 11.4. The summed E-state index contributed by atoms with van der Waals surface area (Å²) >= 11 is 0. The number of morpholine rings is 1. The van der Waals surface area contributed by atoms with E-state index in [0.29, 0.717) is 18.9 Å². The molecule has 0 aromatic carbocycles. The molecule has 6 heterocycles. The van der Waals surface area contributed by atoms with Crippen molar-refractivity contribution in [2.75, 3.05) is 24.7 Å². The first kappa shape index (κ1) is 21.3. The number of aromatic amines is 1. The van der Waals surface area contributed by atoms with Crippen molar-refractivity contribution in [2.24, 2.45) is 0 Å². The Balaban J connectivity index is 1.59. The van der Waals surface area contributed by atoms with Gasteiger partial charge in [-0.25, -0.2) is 14.2 Å². The Labute approximate surface area is 201 Å². The van der Waals surface area contributed by atoms with Gasteiger partial charge in [-0.2, -0.15) is 15.3 Å². The molecular formula is C24H25N9O2. The van der Waals surface area contributed by atoms with Crippen LogP contribution >= 0.6 is 0 Å². The molecule has 0 aliphatic carbocycles. The molecule has 0 unspecified atom stereocenters. The number of fused-ring (bicyclic) bond motifs is 1. The zero-order valence-electron chi connectivity index (χ0n) is 19.7. The predicted octanol–water partition coefficient (Wildman–Crippen LogP) is 2.91. The first-order valence-electron chi connectivity index (χ1n) is 11.4. The summed E-state index contributed by atoms with van der Waals surface area (Å²) in [7, 11) is 0. The van der Waals surface area contributed by atoms with Crippen LogP contribution in [-0.4, -0.2) is 70.5 Å². The Morgan fingerprint density at radius 2 is 2.06 bits per heavy atom. The van der Waals surface area contributed by atoms with Gasteiger partial charge in [0.25, 0.3) is 0 Å². The summed E-state index contributed by atoms with van der Waals surface area (Å²) in [5, 5.41) is 26.6. The monoisotopic (exact) mass is 471 g/mol. The molecule has 0 bridgehead atoms. The van der Waals surface area contributed by atoms with E-state index < -0.39 is 0 Å². The molecule has 35 heavy (non-hydrogen) atoms. The largest absolute Gasteiger partial charge is 0.506 e. The highest BCUT2D eigenvalue weighted by atomic mass is 16.5. The molecule has 1 fully saturated rings. The quantitative estimate of drug-likeness (QED) is 0.410. The number of H-pyrrole nitrogens is 1. The smallest absolute Gasteiger partial charge is 0.167 e. The fraction of sp³-hybridized carbons (Fsp3) is 0.292. The maximum Gasteiger partial charge on any atom is 0.167 e. The molecule has 5 aromatic rings. The Morgan fingerprint density at radius 3 is 2.83 bits per heavy atom. The Kier molecular flexibility index (Phi) is 4.99. The van der Waals surface area contributed by atoms with E-state index in [-0.39, 0.29) is 11.8 Å². The standard InChI is InChI=1S/C24H25N9O2/c1-14-13-35-7-6-31(14)22-9-21(33-24(28-22)19(12-27-33)20-4-5-26-29-20)23-15(2)30-32(16(23)3)17-8-18(34)11-25-10-17/h4-5,8-12,14,34H,6-7,13H2,1-3H3,(H,26,29)/t14-/m1/s1. The summed E-state index contributed by atoms with van der Waals surface area (Å²) < 4.78 is 9.31. The van der Waals surface area contributed by atoms with Crippen LogP contribution in [0.15, 0.2) is 43.0 Å². The average molecular weight is 472 g/mol. The van der Waals surface area contributed by atoms with E-state index in [1.165, 1.54) is 6.20 Å². The van der Waals surface area contributed by atoms with Gasteiger partial charge < -0.3 is 14.7 Å². The van der Waals surface area contributed by atoms with Gasteiger partial charge in [0, 0.05) is 30.4 Å². The van der Waals surface area contributed by atoms with Gasteiger partial charge in [0.1, 0.15) is 11.6 Å². The number of aromatic hydroxyl groups is 1. The van der Waals surface area contributed by atoms with Crippen molar-refractivity contribution < 1.29 is 9.84 Å². The Morgan fingerprint density at radius 1 is 1.17 bits per heavy atom. The number of pyridine rings is 1. The van der Waals surface area contributed by atoms with E-state index >= 15 is 0 Å². The molecule has 1 aliphatic heterocycles. The fourth-order valence-corrected chi connectivity index (χ4v) is 4.74. The van der Waals surface area contributed by atoms with Crippen molar-refractivity contribution in [1.29, 1.82) is 0 Å². The highest BCUT2D eigenvalue weighted by Crippen LogP contribution is 2.34. The molecule has 178 valence electrons. The summed E-state index contributed by atoms with van der Waals surface area (Å²) in [6.07, 6.45) is 6.60. The number of anilines is 1. The van der Waals surface area contributed by atoms with Crippen molar-refractivity contribution in [3.63, 3.8) is 0 Å². The van der Waals surface area contributed by atoms with E-state index in [0.717, 1.165) is 51.9 Å². The Hall–Kier alpha value is -4.25. The van der Waals surface area contributed by atoms with Gasteiger partial charge in [-0.05, 0) is 26.8 Å². The summed E-state index contributed by atoms with van der Waals surface area (Å²) in [6.45, 7) is 8.17. The number of aromatic nitrogens is 8. The number of nitrogens with one attached hydrogen (secondary N) is 1. The molecule has 2 N–H and O–H groups in total. The third-order valence-corrected chi connectivity index (χ3v) is 6.41. The van der Waals surface area contributed by atoms with Gasteiger partial charge in [-0.15, -0.1) is 0 Å². The van der Waals surface area contributed by atoms with Gasteiger partial charge in [0.2, 0.25) is 0 Å². The van der Waals surface area contributed by atoms with Crippen molar-refractivity contribution >= 4 is 11.5 Å². The normalized spacial score (nSPS) is 16.3. The Bertz CT molecular complexity index is 1520. The number of ether oxygens (including phenoxy) is 1. The fourth-order valence-electron chi connectivity index (χ4n) is 4.74. The van der Waals surface area contributed by atoms with Crippen LogP contribution in [0, 0.1) is 13.8 Å². The van der Waals surface area contributed by atoms with Crippen LogP contribution < -0.4 is 4.90 Å². The lowest BCUT2D eigenvalue weighted by atomic mass is 10.1. The minimum Gasteiger partial charge on any atom is -0.506 e. The molecule has 5 aromatic heterocycles. The summed E-state index contributed by atoms with van der Waals surface area (Å²) in [6, 6.07) is 5.81. The van der Waals surface area contributed by atoms with Crippen LogP contribution in [0.4, 0.5) is 5.82 Å². The minimum atomic E-state index is 0.0859. The second-order valence-electron chi connectivity index (χ2n) is 8.74. The molecule has 11 heteroatoms. The lowest BCUT2D eigenvalue weighted by Gasteiger charge is -2.34. The van der Waals surface area contributed by atoms with Gasteiger partial charge >= 0.3 is 0 Å². The predicted molar refractivity (Wildman–Crippen MR) is 130 cm³/mol. The van der Waals surface area contributed by atoms with E-state index in [1.807, 2.05) is 24.4 Å². The lowest BCUT2D eigenvalue weighted by molar-refractivity contribution is 0.0985. The number of hydrogen-bond acceptors (Lipinski definition) is 8. The molecule has 1 aliphatic rings. The summed E-state index contributed by atoms with van der Waals surface area (Å²) in [5.41, 5.74) is 6.69. The average Bonchev–Trinajstić information content (AvgIpc) is 3.58. The third kappa shape index (κ3) is 3.51. The van der Waals surface area contributed by atoms with Crippen molar-refractivity contribution in [2.45, 2.75) is 26.8 Å². The van der Waals surface area contributed by atoms with E-state index in [1.54, 1.807) is 29.3 Å². The van der Waals surface area contributed by atoms with E-state index in [4.69, 9.17) is 19.9 Å². The van der Waals surface area contributed by atoms with E-state index in [2.05, 4.69) is 33.1 Å². The maximum atomic E-state index is 9.95. The van der Waals surface area contributed by atoms with E-state index in [9.17, 15) is 5.11 Å². The van der Waals surface area contributed by atoms with Crippen molar-refractivity contribution in [3.05, 3.63) is 54.4 Å². The van der Waals surface area contributed by atoms with Crippen LogP contribution in [0.3, 0.4) is 0 Å². The number of nitrogens with zero attached hydrogens (tertiary/aromatic N) is 8. The van der Waals surface area contributed by atoms with Crippen LogP contribution in [-0.2, 0) is 4.74 Å². The maximum absolute atomic E-state index is 9.95. The molecule has 0 radical (unpaired) electrons. The first-order chi connectivity index (χ1) is 17.0. The van der Waals surface area contributed by atoms with Crippen LogP contribution in [0.25, 0.3) is 33.8 Å². The van der Waals surface area contributed by atoms with Gasteiger partial charge in [0.05, 0.1) is 71.9 Å². The molecular weight excluding hydrogens is 446 g/mol. The van der Waals surface area contributed by atoms with Gasteiger partial charge in [-0.1, -0.05) is 0 Å². The van der Waals surface area contributed by atoms with Gasteiger partial charge in [0.15, 0.2) is 5.65 Å². The second kappa shape index (κ2) is 8.20. The molecule has 0 amide bonds. The summed E-state index contributed by atoms with van der Waals surface area (Å²) in [5.74, 6) is 0.943. The molecule has 1 atom stereocenters. The van der Waals surface area contributed by atoms with Crippen LogP contribution in [0.1, 0.15) is 18.3 Å². The molecule has 6 rings (SSSR count). The zero-order chi connectivity index (χ0) is 24.1. The van der Waals surface area contributed by atoms with Crippen LogP contribution in [0.2, 0.25) is 0 Å².